The predicted molar refractivity (Wildman–Crippen MR) is 78.1 cm³/mol. The van der Waals surface area contributed by atoms with Crippen LogP contribution in [0.1, 0.15) is 37.8 Å². The third-order valence-electron chi connectivity index (χ3n) is 3.89. The number of aryl methyl sites for hydroxylation is 1. The largest absolute Gasteiger partial charge is 0.494 e. The van der Waals surface area contributed by atoms with E-state index in [4.69, 9.17) is 4.74 Å². The molecule has 20 heavy (non-hydrogen) atoms. The minimum Gasteiger partial charge on any atom is -0.494 e. The average molecular weight is 277 g/mol. The Morgan fingerprint density at radius 3 is 2.85 bits per heavy atom. The molecule has 0 bridgehead atoms. The Morgan fingerprint density at radius 2 is 2.20 bits per heavy atom. The second kappa shape index (κ2) is 6.75. The maximum Gasteiger partial charge on any atom is 0.320 e. The van der Waals surface area contributed by atoms with Gasteiger partial charge in [0.25, 0.3) is 0 Å². The lowest BCUT2D eigenvalue weighted by Gasteiger charge is -2.22. The third-order valence-corrected chi connectivity index (χ3v) is 3.89. The topological polar surface area (TPSA) is 49.8 Å². The summed E-state index contributed by atoms with van der Waals surface area (Å²) in [4.78, 5) is 13.3. The molecule has 0 amide bonds. The molecule has 1 aliphatic heterocycles. The van der Waals surface area contributed by atoms with Crippen molar-refractivity contribution < 1.29 is 14.6 Å². The second-order valence-corrected chi connectivity index (χ2v) is 5.18. The molecule has 0 aliphatic carbocycles. The number of carboxylic acids is 1. The highest BCUT2D eigenvalue weighted by Gasteiger charge is 2.30. The first-order valence-corrected chi connectivity index (χ1v) is 7.37. The van der Waals surface area contributed by atoms with Gasteiger partial charge in [-0.3, -0.25) is 9.69 Å². The predicted octanol–water partition coefficient (Wildman–Crippen LogP) is 2.70. The van der Waals surface area contributed by atoms with Crippen LogP contribution in [0.5, 0.6) is 5.75 Å². The fraction of sp³-hybridized carbons (Fsp3) is 0.562. The fourth-order valence-corrected chi connectivity index (χ4v) is 2.86. The van der Waals surface area contributed by atoms with Crippen molar-refractivity contribution in [2.45, 2.75) is 45.7 Å². The van der Waals surface area contributed by atoms with Gasteiger partial charge < -0.3 is 9.84 Å². The zero-order valence-corrected chi connectivity index (χ0v) is 12.3. The van der Waals surface area contributed by atoms with Crippen LogP contribution in [0, 0.1) is 0 Å². The van der Waals surface area contributed by atoms with E-state index in [-0.39, 0.29) is 6.04 Å². The van der Waals surface area contributed by atoms with Gasteiger partial charge in [-0.1, -0.05) is 13.0 Å². The van der Waals surface area contributed by atoms with E-state index in [1.165, 1.54) is 11.1 Å². The van der Waals surface area contributed by atoms with Crippen LogP contribution in [-0.4, -0.2) is 35.2 Å². The summed E-state index contributed by atoms with van der Waals surface area (Å²) in [7, 11) is 0. The first kappa shape index (κ1) is 14.9. The molecule has 1 fully saturated rings. The van der Waals surface area contributed by atoms with E-state index in [1.54, 1.807) is 0 Å². The lowest BCUT2D eigenvalue weighted by atomic mass is 10.0. The molecule has 1 saturated heterocycles. The number of hydrogen-bond donors (Lipinski definition) is 1. The van der Waals surface area contributed by atoms with Crippen molar-refractivity contribution in [2.24, 2.45) is 0 Å². The molecular weight excluding hydrogens is 254 g/mol. The molecule has 1 N–H and O–H groups in total. The van der Waals surface area contributed by atoms with Gasteiger partial charge in [0, 0.05) is 6.54 Å². The molecular formula is C16H23NO3. The molecule has 2 rings (SSSR count). The summed E-state index contributed by atoms with van der Waals surface area (Å²) in [5.41, 5.74) is 2.45. The first-order chi connectivity index (χ1) is 9.65. The van der Waals surface area contributed by atoms with E-state index < -0.39 is 5.97 Å². The fourth-order valence-electron chi connectivity index (χ4n) is 2.86. The number of nitrogens with zero attached hydrogens (tertiary/aromatic N) is 1. The van der Waals surface area contributed by atoms with Crippen LogP contribution in [0.2, 0.25) is 0 Å². The van der Waals surface area contributed by atoms with E-state index in [1.807, 2.05) is 13.0 Å². The van der Waals surface area contributed by atoms with Crippen molar-refractivity contribution in [3.8, 4) is 5.75 Å². The molecule has 4 heteroatoms. The van der Waals surface area contributed by atoms with Crippen molar-refractivity contribution in [3.05, 3.63) is 29.3 Å². The molecule has 1 aliphatic rings. The van der Waals surface area contributed by atoms with Crippen LogP contribution in [0.25, 0.3) is 0 Å². The summed E-state index contributed by atoms with van der Waals surface area (Å²) < 4.78 is 5.52. The second-order valence-electron chi connectivity index (χ2n) is 5.18. The molecule has 0 saturated carbocycles. The van der Waals surface area contributed by atoms with E-state index in [9.17, 15) is 9.90 Å². The van der Waals surface area contributed by atoms with Gasteiger partial charge in [-0.2, -0.15) is 0 Å². The highest BCUT2D eigenvalue weighted by molar-refractivity contribution is 5.73. The van der Waals surface area contributed by atoms with Gasteiger partial charge >= 0.3 is 5.97 Å². The summed E-state index contributed by atoms with van der Waals surface area (Å²) >= 11 is 0. The van der Waals surface area contributed by atoms with Crippen molar-refractivity contribution in [3.63, 3.8) is 0 Å². The zero-order valence-electron chi connectivity index (χ0n) is 12.3. The summed E-state index contributed by atoms with van der Waals surface area (Å²) in [6, 6.07) is 5.79. The van der Waals surface area contributed by atoms with E-state index in [0.29, 0.717) is 13.2 Å². The van der Waals surface area contributed by atoms with Crippen molar-refractivity contribution in [1.82, 2.24) is 4.90 Å². The monoisotopic (exact) mass is 277 g/mol. The maximum atomic E-state index is 11.2. The van der Waals surface area contributed by atoms with Crippen molar-refractivity contribution >= 4 is 5.97 Å². The number of ether oxygens (including phenoxy) is 1. The number of benzene rings is 1. The minimum absolute atomic E-state index is 0.328. The summed E-state index contributed by atoms with van der Waals surface area (Å²) in [6.07, 6.45) is 2.66. The normalized spacial score (nSPS) is 19.2. The van der Waals surface area contributed by atoms with Gasteiger partial charge in [-0.05, 0) is 56.0 Å². The van der Waals surface area contributed by atoms with Crippen LogP contribution < -0.4 is 4.74 Å². The Balaban J connectivity index is 2.14. The smallest absolute Gasteiger partial charge is 0.320 e. The average Bonchev–Trinajstić information content (AvgIpc) is 2.89. The molecule has 1 heterocycles. The van der Waals surface area contributed by atoms with Gasteiger partial charge in [0.1, 0.15) is 11.8 Å². The highest BCUT2D eigenvalue weighted by atomic mass is 16.5. The Morgan fingerprint density at radius 1 is 1.40 bits per heavy atom. The molecule has 0 aromatic heterocycles. The summed E-state index contributed by atoms with van der Waals surface area (Å²) in [5.74, 6) is 0.191. The van der Waals surface area contributed by atoms with E-state index >= 15 is 0 Å². The van der Waals surface area contributed by atoms with Crippen LogP contribution in [0.4, 0.5) is 0 Å². The maximum absolute atomic E-state index is 11.2. The zero-order chi connectivity index (χ0) is 14.5. The molecule has 110 valence electrons. The van der Waals surface area contributed by atoms with Crippen LogP contribution in [0.3, 0.4) is 0 Å². The van der Waals surface area contributed by atoms with Gasteiger partial charge in [0.2, 0.25) is 0 Å². The standard InChI is InChI=1S/C16H23NO3/c1-3-12-10-14(20-4-2)8-7-13(12)11-17-9-5-6-15(17)16(18)19/h7-8,10,15H,3-6,9,11H2,1-2H3,(H,18,19). The Labute approximate surface area is 120 Å². The number of carbonyl (C=O) groups is 1. The van der Waals surface area contributed by atoms with Crippen LogP contribution in [0.15, 0.2) is 18.2 Å². The molecule has 4 nitrogen and oxygen atoms in total. The molecule has 0 radical (unpaired) electrons. The number of hydrogen-bond acceptors (Lipinski definition) is 3. The number of likely N-dealkylation sites (tertiary alicyclic amines) is 1. The van der Waals surface area contributed by atoms with Gasteiger partial charge in [-0.25, -0.2) is 0 Å². The van der Waals surface area contributed by atoms with Crippen molar-refractivity contribution in [1.29, 1.82) is 0 Å². The van der Waals surface area contributed by atoms with Crippen molar-refractivity contribution in [2.75, 3.05) is 13.2 Å². The van der Waals surface area contributed by atoms with Gasteiger partial charge in [-0.15, -0.1) is 0 Å². The lowest BCUT2D eigenvalue weighted by molar-refractivity contribution is -0.142. The Kier molecular flexibility index (Phi) is 5.01. The molecule has 1 atom stereocenters. The Bertz CT molecular complexity index is 473. The van der Waals surface area contributed by atoms with Gasteiger partial charge in [0.05, 0.1) is 6.61 Å². The Hall–Kier alpha value is -1.55. The van der Waals surface area contributed by atoms with E-state index in [0.717, 1.165) is 31.6 Å². The first-order valence-electron chi connectivity index (χ1n) is 7.37. The summed E-state index contributed by atoms with van der Waals surface area (Å²) in [5, 5.41) is 9.24. The lowest BCUT2D eigenvalue weighted by Crippen LogP contribution is -2.35. The minimum atomic E-state index is -0.702. The number of aliphatic carboxylic acids is 1. The van der Waals surface area contributed by atoms with E-state index in [2.05, 4.69) is 24.0 Å². The molecule has 1 unspecified atom stereocenters. The van der Waals surface area contributed by atoms with Crippen LogP contribution >= 0.6 is 0 Å². The number of rotatable bonds is 6. The SMILES string of the molecule is CCOc1ccc(CN2CCCC2C(=O)O)c(CC)c1. The number of carboxylic acid groups (broad SMARTS) is 1. The summed E-state index contributed by atoms with van der Waals surface area (Å²) in [6.45, 7) is 6.34. The quantitative estimate of drug-likeness (QED) is 0.868. The third kappa shape index (κ3) is 3.31. The highest BCUT2D eigenvalue weighted by Crippen LogP contribution is 2.24. The molecule has 0 spiro atoms. The molecule has 1 aromatic rings. The van der Waals surface area contributed by atoms with Crippen LogP contribution in [-0.2, 0) is 17.8 Å². The molecule has 1 aromatic carbocycles. The van der Waals surface area contributed by atoms with Gasteiger partial charge in [0.15, 0.2) is 0 Å².